The zero-order valence-corrected chi connectivity index (χ0v) is 17.0. The van der Waals surface area contributed by atoms with Crippen molar-refractivity contribution in [3.63, 3.8) is 0 Å². The van der Waals surface area contributed by atoms with Gasteiger partial charge in [0.05, 0.1) is 11.0 Å². The van der Waals surface area contributed by atoms with Crippen LogP contribution in [-0.4, -0.2) is 15.9 Å². The van der Waals surface area contributed by atoms with E-state index in [1.807, 2.05) is 60.7 Å². The standard InChI is InChI=1S/C25H25N3O2/c1-17(7-14-24(26)29)15-18-8-13-22-23(16-18)28-25(27-22)19-9-11-21(12-10-19)30-20-5-3-2-4-6-20/h2-6,8-13,16-17H,7,14-15H2,1H3,(H2,26,29)(H,27,28). The number of amides is 1. The van der Waals surface area contributed by atoms with Crippen molar-refractivity contribution < 1.29 is 9.53 Å². The third-order valence-corrected chi connectivity index (χ3v) is 5.12. The van der Waals surface area contributed by atoms with Crippen LogP contribution in [0.25, 0.3) is 22.4 Å². The SMILES string of the molecule is CC(CCC(N)=O)Cc1ccc2nc(-c3ccc(Oc4ccccc4)cc3)[nH]c2c1. The molecular weight excluding hydrogens is 374 g/mol. The maximum absolute atomic E-state index is 11.0. The van der Waals surface area contributed by atoms with Crippen molar-refractivity contribution in [2.45, 2.75) is 26.2 Å². The number of fused-ring (bicyclic) bond motifs is 1. The number of carbonyl (C=O) groups excluding carboxylic acids is 1. The number of aromatic nitrogens is 2. The summed E-state index contributed by atoms with van der Waals surface area (Å²) >= 11 is 0. The summed E-state index contributed by atoms with van der Waals surface area (Å²) < 4.78 is 5.86. The fourth-order valence-corrected chi connectivity index (χ4v) is 3.52. The van der Waals surface area contributed by atoms with Gasteiger partial charge in [0.15, 0.2) is 0 Å². The molecule has 0 aliphatic carbocycles. The Balaban J connectivity index is 1.47. The summed E-state index contributed by atoms with van der Waals surface area (Å²) in [5, 5.41) is 0. The second-order valence-corrected chi connectivity index (χ2v) is 7.69. The molecule has 1 atom stereocenters. The molecule has 0 bridgehead atoms. The maximum Gasteiger partial charge on any atom is 0.217 e. The molecule has 5 nitrogen and oxygen atoms in total. The summed E-state index contributed by atoms with van der Waals surface area (Å²) in [4.78, 5) is 19.1. The lowest BCUT2D eigenvalue weighted by Crippen LogP contribution is -2.12. The molecule has 0 saturated carbocycles. The van der Waals surface area contributed by atoms with E-state index in [4.69, 9.17) is 15.5 Å². The van der Waals surface area contributed by atoms with Gasteiger partial charge in [0.25, 0.3) is 0 Å². The van der Waals surface area contributed by atoms with Gasteiger partial charge in [-0.05, 0) is 72.9 Å². The predicted molar refractivity (Wildman–Crippen MR) is 119 cm³/mol. The molecule has 30 heavy (non-hydrogen) atoms. The highest BCUT2D eigenvalue weighted by Crippen LogP contribution is 2.26. The lowest BCUT2D eigenvalue weighted by Gasteiger charge is -2.10. The quantitative estimate of drug-likeness (QED) is 0.412. The zero-order chi connectivity index (χ0) is 20.9. The smallest absolute Gasteiger partial charge is 0.217 e. The average Bonchev–Trinajstić information content (AvgIpc) is 3.17. The number of imidazole rings is 1. The molecule has 0 saturated heterocycles. The predicted octanol–water partition coefficient (Wildman–Crippen LogP) is 5.47. The van der Waals surface area contributed by atoms with Crippen molar-refractivity contribution in [3.05, 3.63) is 78.4 Å². The van der Waals surface area contributed by atoms with E-state index in [1.165, 1.54) is 5.56 Å². The Kier molecular flexibility index (Phi) is 5.80. The largest absolute Gasteiger partial charge is 0.457 e. The third-order valence-electron chi connectivity index (χ3n) is 5.12. The molecule has 3 aromatic carbocycles. The molecule has 1 unspecified atom stereocenters. The number of nitrogens with zero attached hydrogens (tertiary/aromatic N) is 1. The van der Waals surface area contributed by atoms with Gasteiger partial charge in [-0.2, -0.15) is 0 Å². The second-order valence-electron chi connectivity index (χ2n) is 7.69. The summed E-state index contributed by atoms with van der Waals surface area (Å²) in [7, 11) is 0. The monoisotopic (exact) mass is 399 g/mol. The molecular formula is C25H25N3O2. The Labute approximate surface area is 175 Å². The van der Waals surface area contributed by atoms with Crippen molar-refractivity contribution in [2.24, 2.45) is 11.7 Å². The van der Waals surface area contributed by atoms with Crippen LogP contribution >= 0.6 is 0 Å². The summed E-state index contributed by atoms with van der Waals surface area (Å²) in [5.41, 5.74) is 9.42. The molecule has 3 N–H and O–H groups in total. The number of rotatable bonds is 8. The first kappa shape index (κ1) is 19.7. The first-order valence-corrected chi connectivity index (χ1v) is 10.2. The van der Waals surface area contributed by atoms with Crippen LogP contribution in [0.1, 0.15) is 25.3 Å². The van der Waals surface area contributed by atoms with Crippen LogP contribution in [0.5, 0.6) is 11.5 Å². The van der Waals surface area contributed by atoms with Crippen LogP contribution in [-0.2, 0) is 11.2 Å². The van der Waals surface area contributed by atoms with Gasteiger partial charge in [0.1, 0.15) is 17.3 Å². The maximum atomic E-state index is 11.0. The number of primary amides is 1. The van der Waals surface area contributed by atoms with Gasteiger partial charge in [-0.3, -0.25) is 4.79 Å². The highest BCUT2D eigenvalue weighted by atomic mass is 16.5. The molecule has 0 spiro atoms. The number of para-hydroxylation sites is 1. The summed E-state index contributed by atoms with van der Waals surface area (Å²) in [6.45, 7) is 2.14. The van der Waals surface area contributed by atoms with E-state index in [1.54, 1.807) is 0 Å². The van der Waals surface area contributed by atoms with E-state index in [-0.39, 0.29) is 5.91 Å². The number of nitrogens with one attached hydrogen (secondary N) is 1. The minimum Gasteiger partial charge on any atom is -0.457 e. The lowest BCUT2D eigenvalue weighted by atomic mass is 9.96. The van der Waals surface area contributed by atoms with E-state index in [9.17, 15) is 4.79 Å². The number of nitrogens with two attached hydrogens (primary N) is 1. The van der Waals surface area contributed by atoms with Gasteiger partial charge in [-0.25, -0.2) is 4.98 Å². The fraction of sp³-hybridized carbons (Fsp3) is 0.200. The highest BCUT2D eigenvalue weighted by Gasteiger charge is 2.10. The van der Waals surface area contributed by atoms with Gasteiger partial charge >= 0.3 is 0 Å². The minimum absolute atomic E-state index is 0.240. The van der Waals surface area contributed by atoms with Crippen LogP contribution < -0.4 is 10.5 Å². The average molecular weight is 399 g/mol. The van der Waals surface area contributed by atoms with Gasteiger partial charge in [0, 0.05) is 12.0 Å². The number of ether oxygens (including phenoxy) is 1. The second kappa shape index (κ2) is 8.82. The lowest BCUT2D eigenvalue weighted by molar-refractivity contribution is -0.118. The molecule has 152 valence electrons. The van der Waals surface area contributed by atoms with E-state index < -0.39 is 0 Å². The molecule has 0 radical (unpaired) electrons. The molecule has 0 fully saturated rings. The Morgan fingerprint density at radius 2 is 1.77 bits per heavy atom. The van der Waals surface area contributed by atoms with Crippen LogP contribution in [0.4, 0.5) is 0 Å². The van der Waals surface area contributed by atoms with Gasteiger partial charge in [-0.15, -0.1) is 0 Å². The van der Waals surface area contributed by atoms with Crippen LogP contribution in [0.15, 0.2) is 72.8 Å². The van der Waals surface area contributed by atoms with Crippen molar-refractivity contribution in [1.29, 1.82) is 0 Å². The first-order chi connectivity index (χ1) is 14.6. The summed E-state index contributed by atoms with van der Waals surface area (Å²) in [5.74, 6) is 2.58. The van der Waals surface area contributed by atoms with E-state index in [0.717, 1.165) is 46.8 Å². The van der Waals surface area contributed by atoms with Crippen LogP contribution in [0, 0.1) is 5.92 Å². The Morgan fingerprint density at radius 1 is 1.03 bits per heavy atom. The zero-order valence-electron chi connectivity index (χ0n) is 17.0. The third kappa shape index (κ3) is 4.87. The Hall–Kier alpha value is -3.60. The normalized spacial score (nSPS) is 12.0. The van der Waals surface area contributed by atoms with E-state index in [0.29, 0.717) is 12.3 Å². The van der Waals surface area contributed by atoms with Crippen molar-refractivity contribution in [1.82, 2.24) is 9.97 Å². The van der Waals surface area contributed by atoms with E-state index in [2.05, 4.69) is 24.0 Å². The number of aromatic amines is 1. The summed E-state index contributed by atoms with van der Waals surface area (Å²) in [6, 6.07) is 23.9. The molecule has 0 aliphatic heterocycles. The van der Waals surface area contributed by atoms with Crippen molar-refractivity contribution in [3.8, 4) is 22.9 Å². The molecule has 4 rings (SSSR count). The Bertz CT molecular complexity index is 1130. The molecule has 5 heteroatoms. The number of hydrogen-bond acceptors (Lipinski definition) is 3. The Morgan fingerprint density at radius 3 is 2.50 bits per heavy atom. The molecule has 4 aromatic rings. The fourth-order valence-electron chi connectivity index (χ4n) is 3.52. The van der Waals surface area contributed by atoms with Gasteiger partial charge in [0.2, 0.25) is 5.91 Å². The topological polar surface area (TPSA) is 81.0 Å². The van der Waals surface area contributed by atoms with Gasteiger partial charge in [-0.1, -0.05) is 31.2 Å². The molecule has 1 heterocycles. The van der Waals surface area contributed by atoms with Crippen molar-refractivity contribution >= 4 is 16.9 Å². The van der Waals surface area contributed by atoms with Gasteiger partial charge < -0.3 is 15.5 Å². The summed E-state index contributed by atoms with van der Waals surface area (Å²) in [6.07, 6.45) is 2.14. The number of hydrogen-bond donors (Lipinski definition) is 2. The number of H-pyrrole nitrogens is 1. The van der Waals surface area contributed by atoms with E-state index >= 15 is 0 Å². The number of benzene rings is 3. The minimum atomic E-state index is -0.240. The molecule has 1 amide bonds. The molecule has 0 aliphatic rings. The number of carbonyl (C=O) groups is 1. The first-order valence-electron chi connectivity index (χ1n) is 10.2. The molecule has 1 aromatic heterocycles. The van der Waals surface area contributed by atoms with Crippen molar-refractivity contribution in [2.75, 3.05) is 0 Å². The van der Waals surface area contributed by atoms with Crippen LogP contribution in [0.2, 0.25) is 0 Å². The van der Waals surface area contributed by atoms with Crippen LogP contribution in [0.3, 0.4) is 0 Å². The highest BCUT2D eigenvalue weighted by molar-refractivity contribution is 5.80.